The Kier molecular flexibility index (Phi) is 6.88. The maximum atomic E-state index is 12.7. The number of nitro groups is 1. The lowest BCUT2D eigenvalue weighted by Crippen LogP contribution is -2.37. The monoisotopic (exact) mass is 485 g/mol. The van der Waals surface area contributed by atoms with Crippen LogP contribution in [0.3, 0.4) is 0 Å². The lowest BCUT2D eigenvalue weighted by molar-refractivity contribution is -0.384. The van der Waals surface area contributed by atoms with E-state index in [1.54, 1.807) is 12.1 Å². The van der Waals surface area contributed by atoms with Crippen LogP contribution in [0.25, 0.3) is 0 Å². The van der Waals surface area contributed by atoms with Gasteiger partial charge in [0.15, 0.2) is 5.11 Å². The van der Waals surface area contributed by atoms with Gasteiger partial charge in [0, 0.05) is 29.6 Å². The van der Waals surface area contributed by atoms with E-state index in [2.05, 4.69) is 23.6 Å². The van der Waals surface area contributed by atoms with Crippen LogP contribution in [0, 0.1) is 27.4 Å². The molecule has 2 aromatic rings. The SMILES string of the molecule is C[C@H]1CCc2c(sc(NC(=S)NC(=O)c3ccc(N4CCOCC4)c([N+](=O)[O-])c3)c2C#N)C1. The molecule has 1 saturated heterocycles. The van der Waals surface area contributed by atoms with E-state index in [0.717, 1.165) is 24.8 Å². The van der Waals surface area contributed by atoms with E-state index in [9.17, 15) is 20.2 Å². The molecule has 0 bridgehead atoms. The molecule has 11 heteroatoms. The quantitative estimate of drug-likeness (QED) is 0.383. The van der Waals surface area contributed by atoms with Crippen LogP contribution in [-0.2, 0) is 17.6 Å². The summed E-state index contributed by atoms with van der Waals surface area (Å²) in [4.78, 5) is 26.9. The molecule has 0 saturated carbocycles. The maximum Gasteiger partial charge on any atom is 0.293 e. The topological polar surface area (TPSA) is 121 Å². The second-order valence-electron chi connectivity index (χ2n) is 8.14. The highest BCUT2D eigenvalue weighted by Crippen LogP contribution is 2.39. The Morgan fingerprint density at radius 3 is 2.85 bits per heavy atom. The molecule has 0 radical (unpaired) electrons. The normalized spacial score (nSPS) is 17.6. The van der Waals surface area contributed by atoms with Crippen molar-refractivity contribution in [2.75, 3.05) is 36.5 Å². The summed E-state index contributed by atoms with van der Waals surface area (Å²) in [7, 11) is 0. The molecule has 1 aromatic carbocycles. The van der Waals surface area contributed by atoms with Gasteiger partial charge < -0.3 is 15.0 Å². The Bertz CT molecular complexity index is 1150. The molecule has 1 aliphatic heterocycles. The highest BCUT2D eigenvalue weighted by atomic mass is 32.1. The van der Waals surface area contributed by atoms with Crippen LogP contribution >= 0.6 is 23.6 Å². The number of rotatable bonds is 4. The molecule has 33 heavy (non-hydrogen) atoms. The first-order chi connectivity index (χ1) is 15.9. The smallest absolute Gasteiger partial charge is 0.293 e. The third kappa shape index (κ3) is 4.98. The lowest BCUT2D eigenvalue weighted by atomic mass is 9.89. The first-order valence-electron chi connectivity index (χ1n) is 10.7. The number of ether oxygens (including phenoxy) is 1. The Labute approximate surface area is 200 Å². The van der Waals surface area contributed by atoms with Gasteiger partial charge >= 0.3 is 0 Å². The third-order valence-corrected chi connectivity index (χ3v) is 7.24. The molecular weight excluding hydrogens is 462 g/mol. The van der Waals surface area contributed by atoms with Gasteiger partial charge in [0.05, 0.1) is 23.7 Å². The fourth-order valence-electron chi connectivity index (χ4n) is 4.15. The molecule has 0 spiro atoms. The third-order valence-electron chi connectivity index (χ3n) is 5.86. The summed E-state index contributed by atoms with van der Waals surface area (Å²) in [5.74, 6) is 0.0102. The first kappa shape index (κ1) is 23.1. The van der Waals surface area contributed by atoms with Gasteiger partial charge in [0.2, 0.25) is 0 Å². The fourth-order valence-corrected chi connectivity index (χ4v) is 5.77. The van der Waals surface area contributed by atoms with E-state index >= 15 is 0 Å². The second-order valence-corrected chi connectivity index (χ2v) is 9.65. The Morgan fingerprint density at radius 1 is 1.39 bits per heavy atom. The van der Waals surface area contributed by atoms with Crippen LogP contribution in [0.1, 0.15) is 39.7 Å². The zero-order chi connectivity index (χ0) is 23.5. The predicted molar refractivity (Wildman–Crippen MR) is 130 cm³/mol. The predicted octanol–water partition coefficient (Wildman–Crippen LogP) is 3.62. The van der Waals surface area contributed by atoms with Crippen molar-refractivity contribution in [1.29, 1.82) is 5.26 Å². The van der Waals surface area contributed by atoms with Gasteiger partial charge in [-0.3, -0.25) is 20.2 Å². The second kappa shape index (κ2) is 9.82. The number of carbonyl (C=O) groups excluding carboxylic acids is 1. The van der Waals surface area contributed by atoms with E-state index < -0.39 is 10.8 Å². The minimum Gasteiger partial charge on any atom is -0.378 e. The number of anilines is 2. The Morgan fingerprint density at radius 2 is 2.15 bits per heavy atom. The van der Waals surface area contributed by atoms with E-state index in [4.69, 9.17) is 17.0 Å². The van der Waals surface area contributed by atoms with Gasteiger partial charge in [-0.1, -0.05) is 6.92 Å². The largest absolute Gasteiger partial charge is 0.378 e. The van der Waals surface area contributed by atoms with Crippen LogP contribution in [0.15, 0.2) is 18.2 Å². The summed E-state index contributed by atoms with van der Waals surface area (Å²) in [6, 6.07) is 6.64. The Hall–Kier alpha value is -3.07. The highest BCUT2D eigenvalue weighted by molar-refractivity contribution is 7.80. The van der Waals surface area contributed by atoms with Crippen molar-refractivity contribution in [3.05, 3.63) is 49.9 Å². The van der Waals surface area contributed by atoms with Crippen LogP contribution < -0.4 is 15.5 Å². The van der Waals surface area contributed by atoms with Crippen molar-refractivity contribution in [2.45, 2.75) is 26.2 Å². The lowest BCUT2D eigenvalue weighted by Gasteiger charge is -2.28. The van der Waals surface area contributed by atoms with Gasteiger partial charge in [-0.25, -0.2) is 0 Å². The van der Waals surface area contributed by atoms with Crippen LogP contribution in [0.2, 0.25) is 0 Å². The van der Waals surface area contributed by atoms with Gasteiger partial charge in [0.1, 0.15) is 16.8 Å². The van der Waals surface area contributed by atoms with Crippen LogP contribution in [-0.4, -0.2) is 42.2 Å². The molecule has 2 N–H and O–H groups in total. The summed E-state index contributed by atoms with van der Waals surface area (Å²) in [6.45, 7) is 4.27. The highest BCUT2D eigenvalue weighted by Gasteiger charge is 2.26. The van der Waals surface area contributed by atoms with E-state index in [0.29, 0.717) is 48.5 Å². The minimum absolute atomic E-state index is 0.0445. The molecule has 1 aromatic heterocycles. The van der Waals surface area contributed by atoms with Gasteiger partial charge in [-0.15, -0.1) is 11.3 Å². The minimum atomic E-state index is -0.558. The van der Waals surface area contributed by atoms with Crippen molar-refractivity contribution in [2.24, 2.45) is 5.92 Å². The number of hydrogen-bond donors (Lipinski definition) is 2. The standard InChI is InChI=1S/C22H23N5O4S2/c1-13-2-4-15-16(12-23)21(33-19(15)10-13)25-22(32)24-20(28)14-3-5-17(18(11-14)27(29)30)26-6-8-31-9-7-26/h3,5,11,13H,2,4,6-10H2,1H3,(H2,24,25,28,32)/t13-/m0/s1. The number of amides is 1. The molecule has 1 amide bonds. The Balaban J connectivity index is 1.48. The molecule has 2 aliphatic rings. The number of benzene rings is 1. The van der Waals surface area contributed by atoms with E-state index in [1.165, 1.54) is 22.3 Å². The number of nitrogens with one attached hydrogen (secondary N) is 2. The average Bonchev–Trinajstić information content (AvgIpc) is 3.14. The number of hydrogen-bond acceptors (Lipinski definition) is 8. The summed E-state index contributed by atoms with van der Waals surface area (Å²) in [5.41, 5.74) is 2.08. The van der Waals surface area contributed by atoms with Crippen molar-refractivity contribution in [3.63, 3.8) is 0 Å². The molecule has 1 fully saturated rings. The summed E-state index contributed by atoms with van der Waals surface area (Å²) in [5, 5.41) is 27.5. The van der Waals surface area contributed by atoms with Crippen LogP contribution in [0.4, 0.5) is 16.4 Å². The van der Waals surface area contributed by atoms with Crippen LogP contribution in [0.5, 0.6) is 0 Å². The molecular formula is C22H23N5O4S2. The van der Waals surface area contributed by atoms with Gasteiger partial charge in [0.25, 0.3) is 11.6 Å². The maximum absolute atomic E-state index is 12.7. The van der Waals surface area contributed by atoms with E-state index in [-0.39, 0.29) is 16.4 Å². The summed E-state index contributed by atoms with van der Waals surface area (Å²) < 4.78 is 5.31. The number of carbonyl (C=O) groups is 1. The van der Waals surface area contributed by atoms with Crippen molar-refractivity contribution < 1.29 is 14.5 Å². The number of nitrogens with zero attached hydrogens (tertiary/aromatic N) is 3. The number of nitro benzene ring substituents is 1. The molecule has 2 heterocycles. The molecule has 1 aliphatic carbocycles. The number of morpholine rings is 1. The summed E-state index contributed by atoms with van der Waals surface area (Å²) >= 11 is 6.78. The number of thiocarbonyl (C=S) groups is 1. The number of nitriles is 1. The van der Waals surface area contributed by atoms with Gasteiger partial charge in [-0.2, -0.15) is 5.26 Å². The molecule has 4 rings (SSSR count). The zero-order valence-corrected chi connectivity index (χ0v) is 19.7. The molecule has 9 nitrogen and oxygen atoms in total. The molecule has 172 valence electrons. The fraction of sp³-hybridized carbons (Fsp3) is 0.409. The molecule has 1 atom stereocenters. The zero-order valence-electron chi connectivity index (χ0n) is 18.1. The average molecular weight is 486 g/mol. The number of thiophene rings is 1. The van der Waals surface area contributed by atoms with Crippen molar-refractivity contribution in [1.82, 2.24) is 5.32 Å². The van der Waals surface area contributed by atoms with Crippen molar-refractivity contribution in [3.8, 4) is 6.07 Å². The first-order valence-corrected chi connectivity index (χ1v) is 11.9. The van der Waals surface area contributed by atoms with Gasteiger partial charge in [-0.05, 0) is 55.1 Å². The number of fused-ring (bicyclic) bond motifs is 1. The molecule has 0 unspecified atom stereocenters. The summed E-state index contributed by atoms with van der Waals surface area (Å²) in [6.07, 6.45) is 2.82. The van der Waals surface area contributed by atoms with Crippen molar-refractivity contribution >= 4 is 51.0 Å². The van der Waals surface area contributed by atoms with E-state index in [1.807, 2.05) is 4.90 Å².